The number of carbonyl (C=O) groups is 2. The largest absolute Gasteiger partial charge is 0.478 e. The summed E-state index contributed by atoms with van der Waals surface area (Å²) < 4.78 is 0. The minimum absolute atomic E-state index is 0.0472. The van der Waals surface area contributed by atoms with Crippen molar-refractivity contribution >= 4 is 29.2 Å². The van der Waals surface area contributed by atoms with Gasteiger partial charge in [0.15, 0.2) is 0 Å². The van der Waals surface area contributed by atoms with Crippen LogP contribution in [0.2, 0.25) is 0 Å². The number of benzene rings is 1. The van der Waals surface area contributed by atoms with Gasteiger partial charge in [-0.15, -0.1) is 11.6 Å². The van der Waals surface area contributed by atoms with E-state index in [1.165, 1.54) is 12.1 Å². The molecule has 0 radical (unpaired) electrons. The molecule has 0 unspecified atom stereocenters. The molecule has 0 bridgehead atoms. The number of para-hydroxylation sites is 1. The molecule has 0 spiro atoms. The zero-order chi connectivity index (χ0) is 10.6. The summed E-state index contributed by atoms with van der Waals surface area (Å²) in [6.07, 6.45) is 0. The van der Waals surface area contributed by atoms with Gasteiger partial charge < -0.3 is 10.4 Å². The molecule has 14 heavy (non-hydrogen) atoms. The summed E-state index contributed by atoms with van der Waals surface area (Å²) in [6, 6.07) is 6.14. The molecule has 0 aliphatic rings. The topological polar surface area (TPSA) is 66.4 Å². The standard InChI is InChI=1S/C9H8ClNO3/c10-5-8(12)11-7-4-2-1-3-6(7)9(13)14/h1-4H,5H2,(H,11,12)(H,13,14). The van der Waals surface area contributed by atoms with Gasteiger partial charge in [0.1, 0.15) is 5.88 Å². The highest BCUT2D eigenvalue weighted by Crippen LogP contribution is 2.14. The average Bonchev–Trinajstić information content (AvgIpc) is 2.18. The first-order valence-corrected chi connectivity index (χ1v) is 4.36. The Bertz CT molecular complexity index is 365. The zero-order valence-electron chi connectivity index (χ0n) is 7.16. The van der Waals surface area contributed by atoms with Crippen LogP contribution in [0.5, 0.6) is 0 Å². The third-order valence-electron chi connectivity index (χ3n) is 1.55. The van der Waals surface area contributed by atoms with Crippen molar-refractivity contribution in [1.82, 2.24) is 0 Å². The van der Waals surface area contributed by atoms with E-state index in [0.29, 0.717) is 0 Å². The van der Waals surface area contributed by atoms with Crippen LogP contribution in [0, 0.1) is 0 Å². The first kappa shape index (κ1) is 10.5. The highest BCUT2D eigenvalue weighted by Gasteiger charge is 2.10. The molecule has 0 heterocycles. The van der Waals surface area contributed by atoms with Crippen molar-refractivity contribution in [1.29, 1.82) is 0 Å². The number of rotatable bonds is 3. The molecular formula is C9H8ClNO3. The molecule has 1 aromatic carbocycles. The summed E-state index contributed by atoms with van der Waals surface area (Å²) in [5.74, 6) is -1.72. The maximum atomic E-state index is 10.9. The Balaban J connectivity index is 2.95. The fourth-order valence-corrected chi connectivity index (χ4v) is 1.03. The molecule has 0 aliphatic carbocycles. The first-order valence-electron chi connectivity index (χ1n) is 3.83. The van der Waals surface area contributed by atoms with Crippen LogP contribution in [-0.4, -0.2) is 22.9 Å². The number of nitrogens with one attached hydrogen (secondary N) is 1. The lowest BCUT2D eigenvalue weighted by molar-refractivity contribution is -0.113. The molecule has 0 saturated carbocycles. The van der Waals surface area contributed by atoms with Gasteiger partial charge in [-0.3, -0.25) is 4.79 Å². The van der Waals surface area contributed by atoms with E-state index in [2.05, 4.69) is 5.32 Å². The molecule has 1 rings (SSSR count). The van der Waals surface area contributed by atoms with Crippen molar-refractivity contribution in [3.8, 4) is 0 Å². The van der Waals surface area contributed by atoms with Gasteiger partial charge in [0.2, 0.25) is 5.91 Å². The third-order valence-corrected chi connectivity index (χ3v) is 1.80. The molecule has 0 atom stereocenters. The second-order valence-electron chi connectivity index (χ2n) is 2.53. The molecule has 0 aromatic heterocycles. The van der Waals surface area contributed by atoms with Crippen LogP contribution in [0.25, 0.3) is 0 Å². The maximum Gasteiger partial charge on any atom is 0.337 e. The van der Waals surface area contributed by atoms with Gasteiger partial charge in [-0.25, -0.2) is 4.79 Å². The molecule has 1 amide bonds. The SMILES string of the molecule is O=C(CCl)Nc1ccccc1C(=O)O. The van der Waals surface area contributed by atoms with E-state index >= 15 is 0 Å². The van der Waals surface area contributed by atoms with Gasteiger partial charge in [0, 0.05) is 0 Å². The molecule has 0 saturated heterocycles. The van der Waals surface area contributed by atoms with Crippen LogP contribution in [0.1, 0.15) is 10.4 Å². The maximum absolute atomic E-state index is 10.9. The fourth-order valence-electron chi connectivity index (χ4n) is 0.962. The summed E-state index contributed by atoms with van der Waals surface area (Å²) in [4.78, 5) is 21.6. The monoisotopic (exact) mass is 213 g/mol. The number of amides is 1. The van der Waals surface area contributed by atoms with Gasteiger partial charge in [0.25, 0.3) is 0 Å². The predicted octanol–water partition coefficient (Wildman–Crippen LogP) is 1.56. The van der Waals surface area contributed by atoms with Crippen LogP contribution in [0.3, 0.4) is 0 Å². The number of hydrogen-bond donors (Lipinski definition) is 2. The number of carboxylic acids is 1. The molecule has 0 fully saturated rings. The van der Waals surface area contributed by atoms with Gasteiger partial charge in [-0.2, -0.15) is 0 Å². The molecule has 4 nitrogen and oxygen atoms in total. The van der Waals surface area contributed by atoms with E-state index in [0.717, 1.165) is 0 Å². The molecule has 0 aliphatic heterocycles. The zero-order valence-corrected chi connectivity index (χ0v) is 7.91. The number of hydrogen-bond acceptors (Lipinski definition) is 2. The van der Waals surface area contributed by atoms with E-state index in [4.69, 9.17) is 16.7 Å². The van der Waals surface area contributed by atoms with Crippen LogP contribution in [-0.2, 0) is 4.79 Å². The van der Waals surface area contributed by atoms with E-state index in [-0.39, 0.29) is 17.1 Å². The summed E-state index contributed by atoms with van der Waals surface area (Å²) >= 11 is 5.27. The first-order chi connectivity index (χ1) is 6.65. The minimum atomic E-state index is -1.09. The lowest BCUT2D eigenvalue weighted by Gasteiger charge is -2.05. The molecule has 2 N–H and O–H groups in total. The van der Waals surface area contributed by atoms with Gasteiger partial charge in [-0.05, 0) is 12.1 Å². The second kappa shape index (κ2) is 4.62. The summed E-state index contributed by atoms with van der Waals surface area (Å²) in [6.45, 7) is 0. The number of halogens is 1. The Hall–Kier alpha value is -1.55. The number of aromatic carboxylic acids is 1. The minimum Gasteiger partial charge on any atom is -0.478 e. The predicted molar refractivity (Wildman–Crippen MR) is 52.8 cm³/mol. The molecule has 5 heteroatoms. The van der Waals surface area contributed by atoms with Gasteiger partial charge in [0.05, 0.1) is 11.3 Å². The van der Waals surface area contributed by atoms with Crippen molar-refractivity contribution in [2.24, 2.45) is 0 Å². The summed E-state index contributed by atoms with van der Waals surface area (Å²) in [7, 11) is 0. The van der Waals surface area contributed by atoms with Crippen LogP contribution < -0.4 is 5.32 Å². The number of carboxylic acid groups (broad SMARTS) is 1. The van der Waals surface area contributed by atoms with E-state index < -0.39 is 11.9 Å². The molecular weight excluding hydrogens is 206 g/mol. The Morgan fingerprint density at radius 2 is 2.00 bits per heavy atom. The lowest BCUT2D eigenvalue weighted by atomic mass is 10.2. The smallest absolute Gasteiger partial charge is 0.337 e. The van der Waals surface area contributed by atoms with E-state index in [9.17, 15) is 9.59 Å². The highest BCUT2D eigenvalue weighted by molar-refractivity contribution is 6.29. The van der Waals surface area contributed by atoms with Crippen molar-refractivity contribution in [2.45, 2.75) is 0 Å². The summed E-state index contributed by atoms with van der Waals surface area (Å²) in [5.41, 5.74) is 0.302. The summed E-state index contributed by atoms with van der Waals surface area (Å²) in [5, 5.41) is 11.2. The van der Waals surface area contributed by atoms with Crippen molar-refractivity contribution < 1.29 is 14.7 Å². The Kier molecular flexibility index (Phi) is 3.48. The average molecular weight is 214 g/mol. The van der Waals surface area contributed by atoms with Crippen molar-refractivity contribution in [2.75, 3.05) is 11.2 Å². The van der Waals surface area contributed by atoms with Crippen LogP contribution in [0.4, 0.5) is 5.69 Å². The van der Waals surface area contributed by atoms with Crippen molar-refractivity contribution in [3.05, 3.63) is 29.8 Å². The van der Waals surface area contributed by atoms with Gasteiger partial charge >= 0.3 is 5.97 Å². The van der Waals surface area contributed by atoms with Crippen molar-refractivity contribution in [3.63, 3.8) is 0 Å². The number of anilines is 1. The van der Waals surface area contributed by atoms with E-state index in [1.807, 2.05) is 0 Å². The number of carbonyl (C=O) groups excluding carboxylic acids is 1. The Labute approximate surface area is 85.5 Å². The normalized spacial score (nSPS) is 9.50. The Morgan fingerprint density at radius 3 is 2.57 bits per heavy atom. The number of alkyl halides is 1. The van der Waals surface area contributed by atoms with Gasteiger partial charge in [-0.1, -0.05) is 12.1 Å². The lowest BCUT2D eigenvalue weighted by Crippen LogP contribution is -2.15. The van der Waals surface area contributed by atoms with E-state index in [1.54, 1.807) is 12.1 Å². The molecule has 74 valence electrons. The quantitative estimate of drug-likeness (QED) is 0.749. The third kappa shape index (κ3) is 2.47. The van der Waals surface area contributed by atoms with Crippen LogP contribution >= 0.6 is 11.6 Å². The highest BCUT2D eigenvalue weighted by atomic mass is 35.5. The molecule has 1 aromatic rings. The Morgan fingerprint density at radius 1 is 1.36 bits per heavy atom. The fraction of sp³-hybridized carbons (Fsp3) is 0.111. The second-order valence-corrected chi connectivity index (χ2v) is 2.80. The van der Waals surface area contributed by atoms with Crippen LogP contribution in [0.15, 0.2) is 24.3 Å².